The monoisotopic (exact) mass is 222 g/mol. The van der Waals surface area contributed by atoms with E-state index < -0.39 is 0 Å². The van der Waals surface area contributed by atoms with Gasteiger partial charge in [0.15, 0.2) is 0 Å². The summed E-state index contributed by atoms with van der Waals surface area (Å²) in [6, 6.07) is 2.04. The third-order valence-electron chi connectivity index (χ3n) is 3.08. The summed E-state index contributed by atoms with van der Waals surface area (Å²) in [5.74, 6) is 0.0740. The number of piperidine rings is 1. The lowest BCUT2D eigenvalue weighted by molar-refractivity contribution is 0.0661. The number of likely N-dealkylation sites (N-methyl/N-ethyl adjacent to an activating group) is 1. The number of nitrogens with zero attached hydrogens (tertiary/aromatic N) is 1. The van der Waals surface area contributed by atoms with Gasteiger partial charge in [0.2, 0.25) is 0 Å². The van der Waals surface area contributed by atoms with Gasteiger partial charge in [-0.15, -0.1) is 0 Å². The van der Waals surface area contributed by atoms with Crippen molar-refractivity contribution in [2.75, 3.05) is 19.6 Å². The van der Waals surface area contributed by atoms with Gasteiger partial charge in [0, 0.05) is 19.1 Å². The van der Waals surface area contributed by atoms with Gasteiger partial charge in [-0.25, -0.2) is 0 Å². The zero-order valence-electron chi connectivity index (χ0n) is 9.61. The molecule has 2 rings (SSSR count). The van der Waals surface area contributed by atoms with Crippen LogP contribution in [-0.4, -0.2) is 36.5 Å². The Morgan fingerprint density at radius 2 is 2.56 bits per heavy atom. The molecule has 1 aromatic rings. The fourth-order valence-corrected chi connectivity index (χ4v) is 2.22. The quantitative estimate of drug-likeness (QED) is 0.842. The van der Waals surface area contributed by atoms with Crippen LogP contribution in [0.15, 0.2) is 23.0 Å². The number of rotatable bonds is 3. The molecule has 16 heavy (non-hydrogen) atoms. The molecule has 1 aliphatic heterocycles. The highest BCUT2D eigenvalue weighted by molar-refractivity contribution is 5.94. The van der Waals surface area contributed by atoms with Gasteiger partial charge in [-0.2, -0.15) is 0 Å². The summed E-state index contributed by atoms with van der Waals surface area (Å²) in [7, 11) is 0. The highest BCUT2D eigenvalue weighted by Crippen LogP contribution is 2.14. The Labute approximate surface area is 95.6 Å². The van der Waals surface area contributed by atoms with Crippen LogP contribution in [0.3, 0.4) is 0 Å². The molecular weight excluding hydrogens is 204 g/mol. The molecule has 0 bridgehead atoms. The van der Waals surface area contributed by atoms with E-state index in [1.54, 1.807) is 12.3 Å². The summed E-state index contributed by atoms with van der Waals surface area (Å²) in [4.78, 5) is 14.1. The van der Waals surface area contributed by atoms with Crippen molar-refractivity contribution >= 4 is 5.91 Å². The Morgan fingerprint density at radius 1 is 1.69 bits per heavy atom. The van der Waals surface area contributed by atoms with Crippen molar-refractivity contribution in [1.29, 1.82) is 0 Å². The number of carbonyl (C=O) groups is 1. The Balaban J connectivity index is 2.06. The molecule has 0 aromatic carbocycles. The van der Waals surface area contributed by atoms with Crippen molar-refractivity contribution in [1.82, 2.24) is 10.2 Å². The zero-order chi connectivity index (χ0) is 11.4. The standard InChI is InChI=1S/C12H18N2O2/c1-2-14(11-4-3-6-13-8-11)12(15)10-5-7-16-9-10/h5,7,9,11,13H,2-4,6,8H2,1H3. The van der Waals surface area contributed by atoms with Gasteiger partial charge in [0.1, 0.15) is 6.26 Å². The Morgan fingerprint density at radius 3 is 3.12 bits per heavy atom. The minimum atomic E-state index is 0.0740. The largest absolute Gasteiger partial charge is 0.472 e. The Kier molecular flexibility index (Phi) is 3.62. The molecule has 0 spiro atoms. The molecule has 1 aliphatic rings. The first kappa shape index (κ1) is 11.2. The van der Waals surface area contributed by atoms with Crippen molar-refractivity contribution < 1.29 is 9.21 Å². The second kappa shape index (κ2) is 5.16. The van der Waals surface area contributed by atoms with E-state index in [0.29, 0.717) is 11.6 Å². The molecule has 88 valence electrons. The average Bonchev–Trinajstić information content (AvgIpc) is 2.85. The number of hydrogen-bond acceptors (Lipinski definition) is 3. The maximum atomic E-state index is 12.2. The first-order chi connectivity index (χ1) is 7.83. The van der Waals surface area contributed by atoms with Gasteiger partial charge in [-0.1, -0.05) is 0 Å². The van der Waals surface area contributed by atoms with E-state index in [1.807, 2.05) is 11.8 Å². The molecule has 4 nitrogen and oxygen atoms in total. The van der Waals surface area contributed by atoms with E-state index in [2.05, 4.69) is 5.32 Å². The van der Waals surface area contributed by atoms with Crippen molar-refractivity contribution in [2.45, 2.75) is 25.8 Å². The summed E-state index contributed by atoms with van der Waals surface area (Å²) in [5.41, 5.74) is 0.646. The fourth-order valence-electron chi connectivity index (χ4n) is 2.22. The molecule has 4 heteroatoms. The van der Waals surface area contributed by atoms with Gasteiger partial charge < -0.3 is 14.6 Å². The topological polar surface area (TPSA) is 45.5 Å². The van der Waals surface area contributed by atoms with Crippen LogP contribution in [-0.2, 0) is 0 Å². The molecule has 1 fully saturated rings. The number of nitrogens with one attached hydrogen (secondary N) is 1. The average molecular weight is 222 g/mol. The molecule has 2 heterocycles. The van der Waals surface area contributed by atoms with Crippen LogP contribution < -0.4 is 5.32 Å². The SMILES string of the molecule is CCN(C(=O)c1ccoc1)C1CCCNC1. The molecule has 0 aliphatic carbocycles. The third-order valence-corrected chi connectivity index (χ3v) is 3.08. The first-order valence-corrected chi connectivity index (χ1v) is 5.86. The summed E-state index contributed by atoms with van der Waals surface area (Å²) in [5, 5.41) is 3.33. The molecule has 1 saturated heterocycles. The van der Waals surface area contributed by atoms with Gasteiger partial charge >= 0.3 is 0 Å². The second-order valence-electron chi connectivity index (χ2n) is 4.10. The van der Waals surface area contributed by atoms with Crippen LogP contribution in [0.25, 0.3) is 0 Å². The third kappa shape index (κ3) is 2.27. The summed E-state index contributed by atoms with van der Waals surface area (Å²) in [6.07, 6.45) is 5.28. The van der Waals surface area contributed by atoms with Crippen molar-refractivity contribution in [2.24, 2.45) is 0 Å². The van der Waals surface area contributed by atoms with Crippen molar-refractivity contribution in [3.8, 4) is 0 Å². The molecule has 1 N–H and O–H groups in total. The van der Waals surface area contributed by atoms with Gasteiger partial charge in [-0.05, 0) is 32.4 Å². The number of amides is 1. The Hall–Kier alpha value is -1.29. The molecule has 1 atom stereocenters. The van der Waals surface area contributed by atoms with Crippen LogP contribution in [0.2, 0.25) is 0 Å². The molecule has 1 amide bonds. The van der Waals surface area contributed by atoms with Gasteiger partial charge in [0.05, 0.1) is 11.8 Å². The minimum Gasteiger partial charge on any atom is -0.472 e. The van der Waals surface area contributed by atoms with E-state index in [1.165, 1.54) is 6.26 Å². The maximum Gasteiger partial charge on any atom is 0.257 e. The number of carbonyl (C=O) groups excluding carboxylic acids is 1. The van der Waals surface area contributed by atoms with Crippen molar-refractivity contribution in [3.05, 3.63) is 24.2 Å². The maximum absolute atomic E-state index is 12.2. The van der Waals surface area contributed by atoms with E-state index in [-0.39, 0.29) is 5.91 Å². The van der Waals surface area contributed by atoms with Gasteiger partial charge in [0.25, 0.3) is 5.91 Å². The normalized spacial score (nSPS) is 20.7. The fraction of sp³-hybridized carbons (Fsp3) is 0.583. The van der Waals surface area contributed by atoms with Crippen molar-refractivity contribution in [3.63, 3.8) is 0 Å². The molecule has 1 aromatic heterocycles. The predicted octanol–water partition coefficient (Wildman–Crippen LogP) is 1.49. The van der Waals surface area contributed by atoms with E-state index >= 15 is 0 Å². The summed E-state index contributed by atoms with van der Waals surface area (Å²) in [6.45, 7) is 4.73. The van der Waals surface area contributed by atoms with Crippen LogP contribution in [0, 0.1) is 0 Å². The van der Waals surface area contributed by atoms with E-state index in [9.17, 15) is 4.79 Å². The summed E-state index contributed by atoms with van der Waals surface area (Å²) >= 11 is 0. The zero-order valence-corrected chi connectivity index (χ0v) is 9.61. The lowest BCUT2D eigenvalue weighted by Crippen LogP contribution is -2.48. The number of furan rings is 1. The summed E-state index contributed by atoms with van der Waals surface area (Å²) < 4.78 is 4.95. The Bertz CT molecular complexity index is 329. The molecule has 0 radical (unpaired) electrons. The van der Waals surface area contributed by atoms with E-state index in [4.69, 9.17) is 4.42 Å². The minimum absolute atomic E-state index is 0.0740. The highest BCUT2D eigenvalue weighted by Gasteiger charge is 2.25. The molecule has 1 unspecified atom stereocenters. The van der Waals surface area contributed by atoms with Crippen LogP contribution in [0.5, 0.6) is 0 Å². The smallest absolute Gasteiger partial charge is 0.257 e. The number of hydrogen-bond donors (Lipinski definition) is 1. The second-order valence-corrected chi connectivity index (χ2v) is 4.10. The highest BCUT2D eigenvalue weighted by atomic mass is 16.3. The van der Waals surface area contributed by atoms with Crippen LogP contribution in [0.1, 0.15) is 30.1 Å². The lowest BCUT2D eigenvalue weighted by Gasteiger charge is -2.33. The van der Waals surface area contributed by atoms with Gasteiger partial charge in [-0.3, -0.25) is 4.79 Å². The predicted molar refractivity (Wildman–Crippen MR) is 61.3 cm³/mol. The molecule has 0 saturated carbocycles. The lowest BCUT2D eigenvalue weighted by atomic mass is 10.1. The molecular formula is C12H18N2O2. The van der Waals surface area contributed by atoms with E-state index in [0.717, 1.165) is 32.5 Å². The van der Waals surface area contributed by atoms with Crippen LogP contribution in [0.4, 0.5) is 0 Å². The first-order valence-electron chi connectivity index (χ1n) is 5.86. The van der Waals surface area contributed by atoms with Crippen LogP contribution >= 0.6 is 0 Å².